The van der Waals surface area contributed by atoms with Crippen molar-refractivity contribution < 1.29 is 23.1 Å². The van der Waals surface area contributed by atoms with Crippen molar-refractivity contribution in [3.05, 3.63) is 88.5 Å². The van der Waals surface area contributed by atoms with Crippen molar-refractivity contribution in [3.8, 4) is 5.75 Å². The lowest BCUT2D eigenvalue weighted by Gasteiger charge is -2.33. The number of sulfonamides is 1. The molecule has 0 radical (unpaired) electrons. The first-order valence-electron chi connectivity index (χ1n) is 10.8. The molecule has 4 rings (SSSR count). The van der Waals surface area contributed by atoms with E-state index in [9.17, 15) is 18.3 Å². The third-order valence-corrected chi connectivity index (χ3v) is 7.67. The van der Waals surface area contributed by atoms with Gasteiger partial charge in [0.2, 0.25) is 10.0 Å². The Balaban J connectivity index is 1.62. The zero-order chi connectivity index (χ0) is 24.1. The highest BCUT2D eigenvalue weighted by Gasteiger charge is 2.35. The molecular formula is C24H24ClN3O5S. The third-order valence-electron chi connectivity index (χ3n) is 5.59. The van der Waals surface area contributed by atoms with Crippen LogP contribution in [0.25, 0.3) is 0 Å². The number of piperidine rings is 1. The molecule has 1 aliphatic heterocycles. The van der Waals surface area contributed by atoms with Gasteiger partial charge in [0.1, 0.15) is 23.7 Å². The molecule has 2 aromatic carbocycles. The van der Waals surface area contributed by atoms with Gasteiger partial charge in [-0.2, -0.15) is 4.31 Å². The SMILES string of the molecule is O=C(O)c1cnc([C@H]2CCCCN2S(=O)(=O)Cc2ccccc2)nc1COc1cccc(Cl)c1. The highest BCUT2D eigenvalue weighted by Crippen LogP contribution is 2.33. The second-order valence-corrected chi connectivity index (χ2v) is 10.4. The molecule has 2 heterocycles. The highest BCUT2D eigenvalue weighted by atomic mass is 35.5. The summed E-state index contributed by atoms with van der Waals surface area (Å²) in [6, 6.07) is 15.2. The van der Waals surface area contributed by atoms with Gasteiger partial charge < -0.3 is 9.84 Å². The second kappa shape index (κ2) is 10.5. The summed E-state index contributed by atoms with van der Waals surface area (Å²) in [4.78, 5) is 20.5. The summed E-state index contributed by atoms with van der Waals surface area (Å²) >= 11 is 5.99. The predicted molar refractivity (Wildman–Crippen MR) is 127 cm³/mol. The fourth-order valence-corrected chi connectivity index (χ4v) is 5.91. The Kier molecular flexibility index (Phi) is 7.45. The maximum absolute atomic E-state index is 13.3. The van der Waals surface area contributed by atoms with E-state index in [1.807, 2.05) is 6.07 Å². The number of nitrogens with zero attached hydrogens (tertiary/aromatic N) is 3. The summed E-state index contributed by atoms with van der Waals surface area (Å²) in [6.07, 6.45) is 3.33. The average Bonchev–Trinajstić information content (AvgIpc) is 2.83. The summed E-state index contributed by atoms with van der Waals surface area (Å²) in [7, 11) is -3.64. The van der Waals surface area contributed by atoms with Gasteiger partial charge in [-0.05, 0) is 36.6 Å². The molecule has 0 amide bonds. The van der Waals surface area contributed by atoms with Crippen molar-refractivity contribution in [2.75, 3.05) is 6.54 Å². The molecule has 178 valence electrons. The minimum absolute atomic E-state index is 0.0970. The van der Waals surface area contributed by atoms with Gasteiger partial charge in [-0.25, -0.2) is 23.2 Å². The topological polar surface area (TPSA) is 110 Å². The van der Waals surface area contributed by atoms with Crippen molar-refractivity contribution in [2.45, 2.75) is 37.7 Å². The minimum Gasteiger partial charge on any atom is -0.487 e. The molecule has 10 heteroatoms. The second-order valence-electron chi connectivity index (χ2n) is 8.00. The van der Waals surface area contributed by atoms with Gasteiger partial charge in [0, 0.05) is 17.8 Å². The summed E-state index contributed by atoms with van der Waals surface area (Å²) < 4.78 is 33.7. The summed E-state index contributed by atoms with van der Waals surface area (Å²) in [5.74, 6) is -0.573. The Labute approximate surface area is 203 Å². The smallest absolute Gasteiger partial charge is 0.339 e. The molecule has 1 saturated heterocycles. The number of benzene rings is 2. The van der Waals surface area contributed by atoms with Crippen LogP contribution in [0.1, 0.15) is 52.7 Å². The van der Waals surface area contributed by atoms with Gasteiger partial charge in [-0.1, -0.05) is 54.4 Å². The summed E-state index contributed by atoms with van der Waals surface area (Å²) in [5.41, 5.74) is 0.772. The highest BCUT2D eigenvalue weighted by molar-refractivity contribution is 7.88. The Bertz CT molecular complexity index is 1270. The third kappa shape index (κ3) is 5.72. The van der Waals surface area contributed by atoms with Crippen LogP contribution >= 0.6 is 11.6 Å². The Morgan fingerprint density at radius 2 is 1.94 bits per heavy atom. The van der Waals surface area contributed by atoms with E-state index in [1.165, 1.54) is 10.5 Å². The molecule has 3 aromatic rings. The number of hydrogen-bond donors (Lipinski definition) is 1. The van der Waals surface area contributed by atoms with Crippen LogP contribution in [0.2, 0.25) is 5.02 Å². The van der Waals surface area contributed by atoms with Crippen LogP contribution in [0, 0.1) is 0 Å². The van der Waals surface area contributed by atoms with Crippen LogP contribution in [0.3, 0.4) is 0 Å². The van der Waals surface area contributed by atoms with E-state index < -0.39 is 22.0 Å². The Hall–Kier alpha value is -3.01. The molecule has 0 aliphatic carbocycles. The number of carboxylic acid groups (broad SMARTS) is 1. The number of hydrogen-bond acceptors (Lipinski definition) is 6. The van der Waals surface area contributed by atoms with Crippen LogP contribution < -0.4 is 4.74 Å². The molecule has 1 aliphatic rings. The molecule has 1 aromatic heterocycles. The normalized spacial score (nSPS) is 16.8. The van der Waals surface area contributed by atoms with E-state index in [-0.39, 0.29) is 29.4 Å². The zero-order valence-corrected chi connectivity index (χ0v) is 19.9. The number of halogens is 1. The number of carboxylic acids is 1. The van der Waals surface area contributed by atoms with Gasteiger partial charge in [0.25, 0.3) is 0 Å². The van der Waals surface area contributed by atoms with Gasteiger partial charge in [0.05, 0.1) is 17.5 Å². The lowest BCUT2D eigenvalue weighted by atomic mass is 10.0. The Morgan fingerprint density at radius 3 is 2.68 bits per heavy atom. The van der Waals surface area contributed by atoms with Crippen molar-refractivity contribution >= 4 is 27.6 Å². The molecule has 1 N–H and O–H groups in total. The molecule has 0 bridgehead atoms. The van der Waals surface area contributed by atoms with E-state index in [1.54, 1.807) is 48.5 Å². The monoisotopic (exact) mass is 501 g/mol. The number of rotatable bonds is 8. The van der Waals surface area contributed by atoms with Crippen LogP contribution in [0.4, 0.5) is 0 Å². The molecule has 0 unspecified atom stereocenters. The first-order valence-corrected chi connectivity index (χ1v) is 12.8. The zero-order valence-electron chi connectivity index (χ0n) is 18.3. The molecular weight excluding hydrogens is 478 g/mol. The lowest BCUT2D eigenvalue weighted by molar-refractivity contribution is 0.0692. The molecule has 0 saturated carbocycles. The van der Waals surface area contributed by atoms with Crippen molar-refractivity contribution in [3.63, 3.8) is 0 Å². The van der Waals surface area contributed by atoms with Crippen LogP contribution in [-0.2, 0) is 22.4 Å². The average molecular weight is 502 g/mol. The van der Waals surface area contributed by atoms with E-state index >= 15 is 0 Å². The lowest BCUT2D eigenvalue weighted by Crippen LogP contribution is -2.40. The van der Waals surface area contributed by atoms with Crippen LogP contribution in [0.5, 0.6) is 5.75 Å². The molecule has 1 fully saturated rings. The number of aromatic nitrogens is 2. The quantitative estimate of drug-likeness (QED) is 0.485. The predicted octanol–water partition coefficient (Wildman–Crippen LogP) is 4.46. The van der Waals surface area contributed by atoms with Crippen molar-refractivity contribution in [1.29, 1.82) is 0 Å². The summed E-state index contributed by atoms with van der Waals surface area (Å²) in [6.45, 7) is 0.235. The van der Waals surface area contributed by atoms with Gasteiger partial charge in [-0.15, -0.1) is 0 Å². The maximum atomic E-state index is 13.3. The largest absolute Gasteiger partial charge is 0.487 e. The fourth-order valence-electron chi connectivity index (χ4n) is 3.95. The molecule has 0 spiro atoms. The first-order chi connectivity index (χ1) is 16.3. The maximum Gasteiger partial charge on any atom is 0.339 e. The standard InChI is InChI=1S/C24H24ClN3O5S/c25-18-9-6-10-19(13-18)33-15-21-20(24(29)30)14-26-23(27-21)22-11-4-5-12-28(22)34(31,32)16-17-7-2-1-3-8-17/h1-3,6-10,13-14,22H,4-5,11-12,15-16H2,(H,29,30)/t22-/m1/s1. The van der Waals surface area contributed by atoms with Gasteiger partial charge in [0.15, 0.2) is 0 Å². The fraction of sp³-hybridized carbons (Fsp3) is 0.292. The van der Waals surface area contributed by atoms with E-state index in [0.717, 1.165) is 12.8 Å². The number of aromatic carboxylic acids is 1. The van der Waals surface area contributed by atoms with E-state index in [2.05, 4.69) is 9.97 Å². The van der Waals surface area contributed by atoms with E-state index in [4.69, 9.17) is 16.3 Å². The van der Waals surface area contributed by atoms with Crippen molar-refractivity contribution in [2.24, 2.45) is 0 Å². The summed E-state index contributed by atoms with van der Waals surface area (Å²) in [5, 5.41) is 10.1. The van der Waals surface area contributed by atoms with Crippen LogP contribution in [-0.4, -0.2) is 40.3 Å². The minimum atomic E-state index is -3.64. The Morgan fingerprint density at radius 1 is 1.15 bits per heavy atom. The van der Waals surface area contributed by atoms with Gasteiger partial charge in [-0.3, -0.25) is 0 Å². The van der Waals surface area contributed by atoms with Crippen LogP contribution in [0.15, 0.2) is 60.8 Å². The van der Waals surface area contributed by atoms with E-state index in [0.29, 0.717) is 29.3 Å². The molecule has 8 nitrogen and oxygen atoms in total. The first kappa shape index (κ1) is 24.1. The molecule has 1 atom stereocenters. The number of carbonyl (C=O) groups is 1. The number of ether oxygens (including phenoxy) is 1. The van der Waals surface area contributed by atoms with Gasteiger partial charge >= 0.3 is 5.97 Å². The molecule has 34 heavy (non-hydrogen) atoms. The van der Waals surface area contributed by atoms with Crippen molar-refractivity contribution in [1.82, 2.24) is 14.3 Å².